The van der Waals surface area contributed by atoms with Gasteiger partial charge in [-0.2, -0.15) is 0 Å². The highest BCUT2D eigenvalue weighted by Gasteiger charge is 2.27. The van der Waals surface area contributed by atoms with Gasteiger partial charge in [-0.05, 0) is 44.9 Å². The van der Waals surface area contributed by atoms with E-state index in [4.69, 9.17) is 19.1 Å². The summed E-state index contributed by atoms with van der Waals surface area (Å²) in [7, 11) is -4.66. The Bertz CT molecular complexity index is 1180. The maximum Gasteiger partial charge on any atom is 0.472 e. The summed E-state index contributed by atoms with van der Waals surface area (Å²) < 4.78 is 32.5. The summed E-state index contributed by atoms with van der Waals surface area (Å²) in [5.74, 6) is -1.07. The van der Waals surface area contributed by atoms with E-state index in [0.29, 0.717) is 25.7 Å². The van der Waals surface area contributed by atoms with Gasteiger partial charge >= 0.3 is 19.8 Å². The van der Waals surface area contributed by atoms with Gasteiger partial charge in [0, 0.05) is 12.8 Å². The number of phosphoric ester groups is 1. The molecule has 0 saturated heterocycles. The Kier molecular flexibility index (Phi) is 37.4. The van der Waals surface area contributed by atoms with Gasteiger partial charge in [-0.1, -0.05) is 164 Å². The first-order valence-corrected chi connectivity index (χ1v) is 22.5. The van der Waals surface area contributed by atoms with Gasteiger partial charge in [0.15, 0.2) is 6.10 Å². The molecular formula is C44H75O11P. The monoisotopic (exact) mass is 811 g/mol. The first-order valence-electron chi connectivity index (χ1n) is 21.0. The summed E-state index contributed by atoms with van der Waals surface area (Å²) in [4.78, 5) is 34.9. The molecule has 0 saturated carbocycles. The Morgan fingerprint density at radius 2 is 1.18 bits per heavy atom. The Morgan fingerprint density at radius 1 is 0.625 bits per heavy atom. The van der Waals surface area contributed by atoms with E-state index < -0.39 is 57.9 Å². The second-order valence-corrected chi connectivity index (χ2v) is 15.3. The number of phosphoric acid groups is 1. The van der Waals surface area contributed by atoms with Crippen molar-refractivity contribution in [3.63, 3.8) is 0 Å². The molecule has 0 fully saturated rings. The number of esters is 2. The Balaban J connectivity index is 4.54. The third-order valence-electron chi connectivity index (χ3n) is 8.47. The number of ether oxygens (including phenoxy) is 2. The summed E-state index contributed by atoms with van der Waals surface area (Å²) in [6.07, 6.45) is 40.4. The van der Waals surface area contributed by atoms with Crippen LogP contribution in [0.15, 0.2) is 72.9 Å². The topological polar surface area (TPSA) is 169 Å². The van der Waals surface area contributed by atoms with Gasteiger partial charge in [-0.15, -0.1) is 0 Å². The van der Waals surface area contributed by atoms with Crippen molar-refractivity contribution in [3.8, 4) is 0 Å². The van der Waals surface area contributed by atoms with Gasteiger partial charge in [0.2, 0.25) is 0 Å². The number of aliphatic hydroxyl groups is 3. The molecule has 0 bridgehead atoms. The van der Waals surface area contributed by atoms with Crippen LogP contribution in [-0.4, -0.2) is 76.9 Å². The number of hydrogen-bond acceptors (Lipinski definition) is 10. The van der Waals surface area contributed by atoms with Gasteiger partial charge in [-0.3, -0.25) is 18.6 Å². The van der Waals surface area contributed by atoms with Crippen molar-refractivity contribution in [2.45, 2.75) is 167 Å². The standard InChI is InChI=1S/C44H75O11P/c1-3-5-7-9-11-13-15-16-17-19-21-26-30-34-43(48)52-38-42(39-54-56(50,51)53-37-41(47)36-45)55-44(49)35-31-27-23-22-25-29-33-40(46)32-28-24-20-18-14-12-10-8-6-4-2/h6,8,12,14,20,23-25,27-29,32,40-42,45-47H,3-5,7,9-11,13,15-19,21-22,26,30-31,33-39H2,1-2H3,(H,50,51)/b8-6-,14-12-,24-20-,27-23-,29-25-,32-28+. The zero-order chi connectivity index (χ0) is 41.4. The second kappa shape index (κ2) is 39.2. The number of unbranched alkanes of at least 4 members (excludes halogenated alkanes) is 12. The average Bonchev–Trinajstić information content (AvgIpc) is 3.18. The molecule has 4 unspecified atom stereocenters. The number of rotatable bonds is 38. The van der Waals surface area contributed by atoms with E-state index in [1.54, 1.807) is 6.08 Å². The van der Waals surface area contributed by atoms with Crippen LogP contribution in [0.25, 0.3) is 0 Å². The Hall–Kier alpha value is -2.63. The summed E-state index contributed by atoms with van der Waals surface area (Å²) in [5, 5.41) is 28.4. The summed E-state index contributed by atoms with van der Waals surface area (Å²) in [5.41, 5.74) is 0. The van der Waals surface area contributed by atoms with Crippen molar-refractivity contribution in [2.24, 2.45) is 0 Å². The second-order valence-electron chi connectivity index (χ2n) is 13.8. The highest BCUT2D eigenvalue weighted by Crippen LogP contribution is 2.43. The molecular weight excluding hydrogens is 735 g/mol. The zero-order valence-electron chi connectivity index (χ0n) is 34.4. The van der Waals surface area contributed by atoms with E-state index in [2.05, 4.69) is 42.7 Å². The first-order chi connectivity index (χ1) is 27.1. The van der Waals surface area contributed by atoms with Crippen LogP contribution in [0.5, 0.6) is 0 Å². The van der Waals surface area contributed by atoms with Crippen LogP contribution in [0.1, 0.15) is 149 Å². The van der Waals surface area contributed by atoms with E-state index in [-0.39, 0.29) is 19.4 Å². The quantitative estimate of drug-likeness (QED) is 0.0154. The number of hydrogen-bond donors (Lipinski definition) is 4. The molecule has 12 heteroatoms. The summed E-state index contributed by atoms with van der Waals surface area (Å²) >= 11 is 0. The van der Waals surface area contributed by atoms with Gasteiger partial charge < -0.3 is 29.7 Å². The minimum atomic E-state index is -4.66. The third-order valence-corrected chi connectivity index (χ3v) is 9.42. The van der Waals surface area contributed by atoms with E-state index in [1.807, 2.05) is 42.5 Å². The van der Waals surface area contributed by atoms with Crippen LogP contribution in [0, 0.1) is 0 Å². The molecule has 0 spiro atoms. The molecule has 0 amide bonds. The van der Waals surface area contributed by atoms with E-state index in [9.17, 15) is 29.3 Å². The van der Waals surface area contributed by atoms with Crippen molar-refractivity contribution >= 4 is 19.8 Å². The van der Waals surface area contributed by atoms with Crippen molar-refractivity contribution in [1.82, 2.24) is 0 Å². The predicted octanol–water partition coefficient (Wildman–Crippen LogP) is 9.86. The Morgan fingerprint density at radius 3 is 1.80 bits per heavy atom. The molecule has 322 valence electrons. The number of carbonyl (C=O) groups is 2. The largest absolute Gasteiger partial charge is 0.472 e. The first kappa shape index (κ1) is 53.4. The van der Waals surface area contributed by atoms with Crippen LogP contribution in [0.4, 0.5) is 0 Å². The molecule has 0 aromatic carbocycles. The van der Waals surface area contributed by atoms with Crippen LogP contribution in [-0.2, 0) is 32.7 Å². The average molecular weight is 811 g/mol. The molecule has 0 aliphatic rings. The van der Waals surface area contributed by atoms with Crippen molar-refractivity contribution in [2.75, 3.05) is 26.4 Å². The van der Waals surface area contributed by atoms with Gasteiger partial charge in [0.25, 0.3) is 0 Å². The van der Waals surface area contributed by atoms with Crippen LogP contribution in [0.3, 0.4) is 0 Å². The minimum Gasteiger partial charge on any atom is -0.462 e. The fourth-order valence-corrected chi connectivity index (χ4v) is 6.01. The molecule has 4 atom stereocenters. The Labute approximate surface area is 338 Å². The number of allylic oxidation sites excluding steroid dienone is 10. The summed E-state index contributed by atoms with van der Waals surface area (Å²) in [6, 6.07) is 0. The maximum absolute atomic E-state index is 12.6. The lowest BCUT2D eigenvalue weighted by Gasteiger charge is -2.20. The van der Waals surface area contributed by atoms with E-state index in [1.165, 1.54) is 57.8 Å². The smallest absolute Gasteiger partial charge is 0.462 e. The van der Waals surface area contributed by atoms with Crippen LogP contribution in [0.2, 0.25) is 0 Å². The van der Waals surface area contributed by atoms with Crippen molar-refractivity contribution in [1.29, 1.82) is 0 Å². The molecule has 0 aliphatic heterocycles. The predicted molar refractivity (Wildman–Crippen MR) is 225 cm³/mol. The molecule has 0 aromatic rings. The molecule has 56 heavy (non-hydrogen) atoms. The van der Waals surface area contributed by atoms with Crippen molar-refractivity contribution < 1.29 is 52.9 Å². The van der Waals surface area contributed by atoms with Gasteiger partial charge in [0.05, 0.1) is 25.9 Å². The SMILES string of the molecule is CC/C=C\C/C=C\C/C=C\C=C\C(O)C/C=C\C/C=C\CCC(=O)OC(COC(=O)CCCCCCCCCCCCCCC)COP(=O)(O)OCC(O)CO. The highest BCUT2D eigenvalue weighted by molar-refractivity contribution is 7.47. The molecule has 0 rings (SSSR count). The van der Waals surface area contributed by atoms with E-state index in [0.717, 1.165) is 38.5 Å². The molecule has 0 radical (unpaired) electrons. The van der Waals surface area contributed by atoms with Crippen LogP contribution < -0.4 is 0 Å². The fourth-order valence-electron chi connectivity index (χ4n) is 5.22. The highest BCUT2D eigenvalue weighted by atomic mass is 31.2. The fraction of sp³-hybridized carbons (Fsp3) is 0.682. The molecule has 0 heterocycles. The zero-order valence-corrected chi connectivity index (χ0v) is 35.3. The lowest BCUT2D eigenvalue weighted by atomic mass is 10.0. The maximum atomic E-state index is 12.6. The van der Waals surface area contributed by atoms with Crippen molar-refractivity contribution in [3.05, 3.63) is 72.9 Å². The summed E-state index contributed by atoms with van der Waals surface area (Å²) in [6.45, 7) is 2.07. The molecule has 11 nitrogen and oxygen atoms in total. The minimum absolute atomic E-state index is 0.0162. The third kappa shape index (κ3) is 38.3. The van der Waals surface area contributed by atoms with Gasteiger partial charge in [-0.25, -0.2) is 4.57 Å². The molecule has 0 aliphatic carbocycles. The van der Waals surface area contributed by atoms with Gasteiger partial charge in [0.1, 0.15) is 12.7 Å². The normalized spacial score (nSPS) is 15.2. The molecule has 4 N–H and O–H groups in total. The van der Waals surface area contributed by atoms with Crippen LogP contribution >= 0.6 is 7.82 Å². The molecule has 0 aromatic heterocycles. The number of carbonyl (C=O) groups excluding carboxylic acids is 2. The number of aliphatic hydroxyl groups excluding tert-OH is 3. The lowest BCUT2D eigenvalue weighted by molar-refractivity contribution is -0.161. The van der Waals surface area contributed by atoms with E-state index >= 15 is 0 Å². The lowest BCUT2D eigenvalue weighted by Crippen LogP contribution is -2.29.